The number of carbonyl (C=O) groups is 1. The Balaban J connectivity index is 1.81. The highest BCUT2D eigenvalue weighted by Gasteiger charge is 2.28. The van der Waals surface area contributed by atoms with Crippen LogP contribution in [0.15, 0.2) is 24.3 Å². The van der Waals surface area contributed by atoms with Crippen molar-refractivity contribution < 1.29 is 4.79 Å². The van der Waals surface area contributed by atoms with Gasteiger partial charge in [-0.1, -0.05) is 12.1 Å². The third-order valence-electron chi connectivity index (χ3n) is 4.27. The third-order valence-corrected chi connectivity index (χ3v) is 4.27. The summed E-state index contributed by atoms with van der Waals surface area (Å²) in [6, 6.07) is 8.35. The summed E-state index contributed by atoms with van der Waals surface area (Å²) < 4.78 is 2.12. The van der Waals surface area contributed by atoms with Crippen LogP contribution >= 0.6 is 0 Å². The molecule has 0 saturated carbocycles. The van der Waals surface area contributed by atoms with E-state index in [1.165, 1.54) is 0 Å². The summed E-state index contributed by atoms with van der Waals surface area (Å²) in [5.41, 5.74) is 2.14. The fraction of sp³-hybridized carbons (Fsp3) is 0.529. The number of para-hydroxylation sites is 2. The Bertz CT molecular complexity index is 676. The number of aromatic nitrogens is 2. The number of benzene rings is 1. The second-order valence-corrected chi connectivity index (χ2v) is 6.41. The van der Waals surface area contributed by atoms with Crippen LogP contribution < -0.4 is 10.2 Å². The summed E-state index contributed by atoms with van der Waals surface area (Å²) in [6.07, 6.45) is 1.98. The van der Waals surface area contributed by atoms with E-state index in [9.17, 15) is 4.79 Å². The molecule has 0 unspecified atom stereocenters. The molecule has 5 nitrogen and oxygen atoms in total. The molecule has 1 aliphatic rings. The van der Waals surface area contributed by atoms with Crippen molar-refractivity contribution in [1.29, 1.82) is 0 Å². The fourth-order valence-corrected chi connectivity index (χ4v) is 3.19. The Morgan fingerprint density at radius 3 is 2.86 bits per heavy atom. The minimum Gasteiger partial charge on any atom is -0.354 e. The molecule has 0 spiro atoms. The van der Waals surface area contributed by atoms with Crippen molar-refractivity contribution in [3.8, 4) is 0 Å². The first-order valence-electron chi connectivity index (χ1n) is 8.03. The van der Waals surface area contributed by atoms with Gasteiger partial charge < -0.3 is 14.8 Å². The predicted octanol–water partition coefficient (Wildman–Crippen LogP) is 2.31. The number of amides is 1. The Morgan fingerprint density at radius 2 is 2.14 bits per heavy atom. The van der Waals surface area contributed by atoms with E-state index in [1.807, 2.05) is 39.1 Å². The summed E-state index contributed by atoms with van der Waals surface area (Å²) in [5.74, 6) is 1.18. The second-order valence-electron chi connectivity index (χ2n) is 6.41. The molecule has 5 heteroatoms. The zero-order valence-corrected chi connectivity index (χ0v) is 13.5. The van der Waals surface area contributed by atoms with Crippen LogP contribution in [0.1, 0.15) is 26.7 Å². The molecule has 118 valence electrons. The third kappa shape index (κ3) is 2.80. The van der Waals surface area contributed by atoms with Crippen molar-refractivity contribution in [2.45, 2.75) is 32.7 Å². The molecule has 1 fully saturated rings. The van der Waals surface area contributed by atoms with Crippen LogP contribution in [0.3, 0.4) is 0 Å². The minimum absolute atomic E-state index is 0.0518. The van der Waals surface area contributed by atoms with Crippen LogP contribution in [0.4, 0.5) is 5.95 Å². The lowest BCUT2D eigenvalue weighted by Gasteiger charge is -2.33. The van der Waals surface area contributed by atoms with Gasteiger partial charge in [-0.3, -0.25) is 4.79 Å². The van der Waals surface area contributed by atoms with E-state index >= 15 is 0 Å². The number of piperidine rings is 1. The molecular formula is C17H24N4O. The summed E-state index contributed by atoms with van der Waals surface area (Å²) in [6.45, 7) is 5.71. The maximum atomic E-state index is 12.3. The van der Waals surface area contributed by atoms with Crippen molar-refractivity contribution in [2.75, 3.05) is 18.0 Å². The summed E-state index contributed by atoms with van der Waals surface area (Å²) in [5, 5.41) is 3.03. The molecule has 1 aliphatic heterocycles. The number of aryl methyl sites for hydroxylation is 1. The Morgan fingerprint density at radius 1 is 1.36 bits per heavy atom. The number of anilines is 1. The molecule has 1 atom stereocenters. The van der Waals surface area contributed by atoms with E-state index in [-0.39, 0.29) is 17.9 Å². The molecule has 0 bridgehead atoms. The average Bonchev–Trinajstić information content (AvgIpc) is 2.84. The molecule has 1 saturated heterocycles. The zero-order valence-electron chi connectivity index (χ0n) is 13.5. The Labute approximate surface area is 131 Å². The number of nitrogens with one attached hydrogen (secondary N) is 1. The minimum atomic E-state index is 0.0518. The predicted molar refractivity (Wildman–Crippen MR) is 88.9 cm³/mol. The largest absolute Gasteiger partial charge is 0.354 e. The van der Waals surface area contributed by atoms with Crippen LogP contribution in [0, 0.1) is 5.92 Å². The average molecular weight is 300 g/mol. The lowest BCUT2D eigenvalue weighted by atomic mass is 9.97. The SMILES string of the molecule is CC(C)NC(=O)[C@@H]1CCCN(c2nc3ccccc3n2C)C1. The van der Waals surface area contributed by atoms with E-state index in [0.29, 0.717) is 0 Å². The van der Waals surface area contributed by atoms with E-state index in [4.69, 9.17) is 4.98 Å². The topological polar surface area (TPSA) is 50.2 Å². The lowest BCUT2D eigenvalue weighted by Crippen LogP contribution is -2.45. The number of hydrogen-bond acceptors (Lipinski definition) is 3. The molecule has 22 heavy (non-hydrogen) atoms. The first kappa shape index (κ1) is 14.9. The quantitative estimate of drug-likeness (QED) is 0.946. The maximum Gasteiger partial charge on any atom is 0.225 e. The van der Waals surface area contributed by atoms with Gasteiger partial charge in [0.25, 0.3) is 0 Å². The highest BCUT2D eigenvalue weighted by molar-refractivity contribution is 5.81. The van der Waals surface area contributed by atoms with E-state index in [2.05, 4.69) is 20.9 Å². The van der Waals surface area contributed by atoms with Crippen LogP contribution in [-0.4, -0.2) is 34.6 Å². The zero-order chi connectivity index (χ0) is 15.7. The molecule has 1 N–H and O–H groups in total. The standard InChI is InChI=1S/C17H24N4O/c1-12(2)18-16(22)13-7-6-10-21(11-13)17-19-14-8-4-5-9-15(14)20(17)3/h4-5,8-9,12-13H,6-7,10-11H2,1-3H3,(H,18,22)/t13-/m1/s1. The highest BCUT2D eigenvalue weighted by atomic mass is 16.2. The molecule has 0 radical (unpaired) electrons. The first-order chi connectivity index (χ1) is 10.6. The van der Waals surface area contributed by atoms with Crippen LogP contribution in [0.5, 0.6) is 0 Å². The Hall–Kier alpha value is -2.04. The van der Waals surface area contributed by atoms with Gasteiger partial charge in [-0.2, -0.15) is 0 Å². The monoisotopic (exact) mass is 300 g/mol. The number of imidazole rings is 1. The van der Waals surface area contributed by atoms with Crippen LogP contribution in [0.25, 0.3) is 11.0 Å². The maximum absolute atomic E-state index is 12.3. The summed E-state index contributed by atoms with van der Waals surface area (Å²) in [7, 11) is 2.04. The molecule has 2 aromatic rings. The molecule has 2 heterocycles. The Kier molecular flexibility index (Phi) is 4.05. The highest BCUT2D eigenvalue weighted by Crippen LogP contribution is 2.26. The van der Waals surface area contributed by atoms with Crippen molar-refractivity contribution in [3.05, 3.63) is 24.3 Å². The molecule has 0 aliphatic carbocycles. The van der Waals surface area contributed by atoms with Crippen molar-refractivity contribution in [1.82, 2.24) is 14.9 Å². The van der Waals surface area contributed by atoms with E-state index in [1.54, 1.807) is 0 Å². The number of fused-ring (bicyclic) bond motifs is 1. The van der Waals surface area contributed by atoms with E-state index in [0.717, 1.165) is 42.9 Å². The fourth-order valence-electron chi connectivity index (χ4n) is 3.19. The van der Waals surface area contributed by atoms with Gasteiger partial charge in [-0.15, -0.1) is 0 Å². The van der Waals surface area contributed by atoms with E-state index < -0.39 is 0 Å². The molecule has 1 aromatic carbocycles. The molecule has 1 aromatic heterocycles. The van der Waals surface area contributed by atoms with Gasteiger partial charge in [-0.25, -0.2) is 4.98 Å². The van der Waals surface area contributed by atoms with Gasteiger partial charge in [0.05, 0.1) is 17.0 Å². The van der Waals surface area contributed by atoms with Gasteiger partial charge in [0, 0.05) is 26.2 Å². The van der Waals surface area contributed by atoms with Crippen LogP contribution in [0.2, 0.25) is 0 Å². The van der Waals surface area contributed by atoms with Gasteiger partial charge >= 0.3 is 0 Å². The van der Waals surface area contributed by atoms with Gasteiger partial charge in [0.1, 0.15) is 0 Å². The number of rotatable bonds is 3. The number of hydrogen-bond donors (Lipinski definition) is 1. The second kappa shape index (κ2) is 5.99. The normalized spacial score (nSPS) is 18.9. The van der Waals surface area contributed by atoms with Gasteiger partial charge in [-0.05, 0) is 38.8 Å². The van der Waals surface area contributed by atoms with Crippen molar-refractivity contribution >= 4 is 22.9 Å². The number of nitrogens with zero attached hydrogens (tertiary/aromatic N) is 3. The molecular weight excluding hydrogens is 276 g/mol. The van der Waals surface area contributed by atoms with Gasteiger partial charge in [0.2, 0.25) is 11.9 Å². The molecule has 3 rings (SSSR count). The van der Waals surface area contributed by atoms with Crippen molar-refractivity contribution in [2.24, 2.45) is 13.0 Å². The van der Waals surface area contributed by atoms with Crippen LogP contribution in [-0.2, 0) is 11.8 Å². The lowest BCUT2D eigenvalue weighted by molar-refractivity contribution is -0.125. The first-order valence-corrected chi connectivity index (χ1v) is 8.03. The smallest absolute Gasteiger partial charge is 0.225 e. The summed E-state index contributed by atoms with van der Waals surface area (Å²) in [4.78, 5) is 19.3. The molecule has 1 amide bonds. The summed E-state index contributed by atoms with van der Waals surface area (Å²) >= 11 is 0. The van der Waals surface area contributed by atoms with Gasteiger partial charge in [0.15, 0.2) is 0 Å². The van der Waals surface area contributed by atoms with Crippen molar-refractivity contribution in [3.63, 3.8) is 0 Å². The number of carbonyl (C=O) groups excluding carboxylic acids is 1.